The van der Waals surface area contributed by atoms with Gasteiger partial charge in [0.25, 0.3) is 0 Å². The topological polar surface area (TPSA) is 96.9 Å². The second-order valence-corrected chi connectivity index (χ2v) is 6.47. The number of rotatable bonds is 14. The van der Waals surface area contributed by atoms with Crippen LogP contribution in [0.2, 0.25) is 5.28 Å². The van der Waals surface area contributed by atoms with Crippen molar-refractivity contribution in [2.75, 3.05) is 23.7 Å². The lowest BCUT2D eigenvalue weighted by atomic mass is 10.1. The smallest absolute Gasteiger partial charge is 0.228 e. The van der Waals surface area contributed by atoms with Crippen LogP contribution in [0.15, 0.2) is 0 Å². The van der Waals surface area contributed by atoms with E-state index in [0.717, 1.165) is 51.6 Å². The summed E-state index contributed by atoms with van der Waals surface area (Å²) in [5.41, 5.74) is 0. The summed E-state index contributed by atoms with van der Waals surface area (Å²) in [6.07, 6.45) is 6.94. The van der Waals surface area contributed by atoms with Gasteiger partial charge in [0.15, 0.2) is 0 Å². The quantitative estimate of drug-likeness (QED) is 0.483. The standard InChI is InChI=1S/C17H28ClN5O2/c1-13(24)9-5-3-7-11-19-16-21-15(18)22-17(23-16)20-12-8-4-6-10-14(2)25/h3-12H2,1-2H3,(H2,19,20,21,22,23). The summed E-state index contributed by atoms with van der Waals surface area (Å²) >= 11 is 5.93. The highest BCUT2D eigenvalue weighted by molar-refractivity contribution is 6.28. The first kappa shape index (κ1) is 21.3. The third-order valence-corrected chi connectivity index (χ3v) is 3.75. The first-order valence-corrected chi connectivity index (χ1v) is 9.23. The third-order valence-electron chi connectivity index (χ3n) is 3.59. The van der Waals surface area contributed by atoms with E-state index >= 15 is 0 Å². The molecule has 0 bridgehead atoms. The van der Waals surface area contributed by atoms with Gasteiger partial charge in [-0.25, -0.2) is 0 Å². The molecule has 140 valence electrons. The number of carbonyl (C=O) groups is 2. The Morgan fingerprint density at radius 2 is 1.20 bits per heavy atom. The Morgan fingerprint density at radius 1 is 0.760 bits per heavy atom. The lowest BCUT2D eigenvalue weighted by Gasteiger charge is -2.08. The second kappa shape index (κ2) is 12.6. The second-order valence-electron chi connectivity index (χ2n) is 6.13. The lowest BCUT2D eigenvalue weighted by molar-refractivity contribution is -0.117. The van der Waals surface area contributed by atoms with Gasteiger partial charge in [-0.15, -0.1) is 0 Å². The largest absolute Gasteiger partial charge is 0.354 e. The number of Topliss-reactive ketones (excluding diaryl/α,β-unsaturated/α-hetero) is 2. The molecular formula is C17H28ClN5O2. The molecule has 0 aliphatic heterocycles. The van der Waals surface area contributed by atoms with Crippen LogP contribution >= 0.6 is 11.6 Å². The van der Waals surface area contributed by atoms with Gasteiger partial charge in [-0.05, 0) is 51.1 Å². The third kappa shape index (κ3) is 11.4. The normalized spacial score (nSPS) is 10.5. The van der Waals surface area contributed by atoms with Crippen LogP contribution in [0, 0.1) is 0 Å². The molecule has 1 rings (SSSR count). The van der Waals surface area contributed by atoms with Gasteiger partial charge < -0.3 is 20.2 Å². The fourth-order valence-corrected chi connectivity index (χ4v) is 2.42. The van der Waals surface area contributed by atoms with Crippen molar-refractivity contribution >= 4 is 35.1 Å². The van der Waals surface area contributed by atoms with Gasteiger partial charge in [-0.3, -0.25) is 0 Å². The molecule has 0 unspecified atom stereocenters. The number of unbranched alkanes of at least 4 members (excludes halogenated alkanes) is 4. The molecule has 0 saturated heterocycles. The van der Waals surface area contributed by atoms with E-state index in [0.29, 0.717) is 24.7 Å². The highest BCUT2D eigenvalue weighted by Gasteiger charge is 2.04. The molecule has 1 aromatic rings. The van der Waals surface area contributed by atoms with Gasteiger partial charge >= 0.3 is 0 Å². The van der Waals surface area contributed by atoms with Gasteiger partial charge in [-0.1, -0.05) is 12.8 Å². The molecule has 1 aromatic heterocycles. The molecule has 0 spiro atoms. The number of hydrogen-bond donors (Lipinski definition) is 2. The van der Waals surface area contributed by atoms with Crippen LogP contribution in [0.5, 0.6) is 0 Å². The van der Waals surface area contributed by atoms with Crippen molar-refractivity contribution in [3.8, 4) is 0 Å². The number of aromatic nitrogens is 3. The maximum atomic E-state index is 10.9. The molecule has 25 heavy (non-hydrogen) atoms. The number of ketones is 2. The average molecular weight is 370 g/mol. The lowest BCUT2D eigenvalue weighted by Crippen LogP contribution is -2.11. The Bertz CT molecular complexity index is 510. The minimum atomic E-state index is 0.146. The molecule has 0 amide bonds. The molecule has 0 aliphatic carbocycles. The van der Waals surface area contributed by atoms with Gasteiger partial charge in [-0.2, -0.15) is 15.0 Å². The molecule has 0 atom stereocenters. The summed E-state index contributed by atoms with van der Waals surface area (Å²) in [5, 5.41) is 6.40. The van der Waals surface area contributed by atoms with E-state index < -0.39 is 0 Å². The zero-order chi connectivity index (χ0) is 18.5. The number of carbonyl (C=O) groups excluding carboxylic acids is 2. The van der Waals surface area contributed by atoms with Gasteiger partial charge in [0.05, 0.1) is 0 Å². The molecule has 7 nitrogen and oxygen atoms in total. The van der Waals surface area contributed by atoms with E-state index in [1.165, 1.54) is 0 Å². The minimum absolute atomic E-state index is 0.146. The molecule has 8 heteroatoms. The molecule has 0 radical (unpaired) electrons. The van der Waals surface area contributed by atoms with Crippen molar-refractivity contribution in [2.24, 2.45) is 0 Å². The van der Waals surface area contributed by atoms with Crippen molar-refractivity contribution in [3.63, 3.8) is 0 Å². The Labute approximate surface area is 154 Å². The van der Waals surface area contributed by atoms with E-state index in [1.54, 1.807) is 13.8 Å². The summed E-state index contributed by atoms with van der Waals surface area (Å²) in [5.74, 6) is 1.36. The summed E-state index contributed by atoms with van der Waals surface area (Å²) in [6, 6.07) is 0. The number of nitrogens with zero attached hydrogens (tertiary/aromatic N) is 3. The van der Waals surface area contributed by atoms with E-state index in [4.69, 9.17) is 11.6 Å². The summed E-state index contributed by atoms with van der Waals surface area (Å²) < 4.78 is 0. The van der Waals surface area contributed by atoms with Crippen molar-refractivity contribution in [3.05, 3.63) is 5.28 Å². The fourth-order valence-electron chi connectivity index (χ4n) is 2.26. The van der Waals surface area contributed by atoms with Gasteiger partial charge in [0.2, 0.25) is 17.2 Å². The first-order valence-electron chi connectivity index (χ1n) is 8.85. The molecule has 2 N–H and O–H groups in total. The number of halogens is 1. The maximum absolute atomic E-state index is 10.9. The van der Waals surface area contributed by atoms with Crippen LogP contribution in [-0.4, -0.2) is 39.6 Å². The molecule has 0 saturated carbocycles. The van der Waals surface area contributed by atoms with Crippen molar-refractivity contribution in [1.29, 1.82) is 0 Å². The SMILES string of the molecule is CC(=O)CCCCCNc1nc(Cl)nc(NCCCCCC(C)=O)n1. The van der Waals surface area contributed by atoms with E-state index in [9.17, 15) is 9.59 Å². The van der Waals surface area contributed by atoms with E-state index in [2.05, 4.69) is 25.6 Å². The highest BCUT2D eigenvalue weighted by Crippen LogP contribution is 2.10. The highest BCUT2D eigenvalue weighted by atomic mass is 35.5. The van der Waals surface area contributed by atoms with Gasteiger partial charge in [0, 0.05) is 25.9 Å². The molecule has 0 aliphatic rings. The zero-order valence-corrected chi connectivity index (χ0v) is 15.9. The van der Waals surface area contributed by atoms with Crippen LogP contribution in [0.25, 0.3) is 0 Å². The van der Waals surface area contributed by atoms with Crippen LogP contribution in [0.1, 0.15) is 65.2 Å². The van der Waals surface area contributed by atoms with E-state index in [1.807, 2.05) is 0 Å². The predicted octanol–water partition coefficient (Wildman–Crippen LogP) is 3.65. The Morgan fingerprint density at radius 3 is 1.60 bits per heavy atom. The van der Waals surface area contributed by atoms with Crippen molar-refractivity contribution in [1.82, 2.24) is 15.0 Å². The van der Waals surface area contributed by atoms with Crippen LogP contribution in [-0.2, 0) is 9.59 Å². The summed E-state index contributed by atoms with van der Waals surface area (Å²) in [7, 11) is 0. The monoisotopic (exact) mass is 369 g/mol. The molecule has 1 heterocycles. The zero-order valence-electron chi connectivity index (χ0n) is 15.1. The number of nitrogens with one attached hydrogen (secondary N) is 2. The summed E-state index contributed by atoms with van der Waals surface area (Å²) in [4.78, 5) is 34.1. The molecule has 0 aromatic carbocycles. The van der Waals surface area contributed by atoms with E-state index in [-0.39, 0.29) is 16.9 Å². The van der Waals surface area contributed by atoms with Crippen molar-refractivity contribution < 1.29 is 9.59 Å². The van der Waals surface area contributed by atoms with Crippen LogP contribution in [0.4, 0.5) is 11.9 Å². The van der Waals surface area contributed by atoms with Crippen LogP contribution < -0.4 is 10.6 Å². The van der Waals surface area contributed by atoms with Crippen LogP contribution in [0.3, 0.4) is 0 Å². The first-order chi connectivity index (χ1) is 12.0. The number of anilines is 2. The Hall–Kier alpha value is -1.76. The molecular weight excluding hydrogens is 342 g/mol. The fraction of sp³-hybridized carbons (Fsp3) is 0.706. The van der Waals surface area contributed by atoms with Crippen molar-refractivity contribution in [2.45, 2.75) is 65.2 Å². The minimum Gasteiger partial charge on any atom is -0.354 e. The average Bonchev–Trinajstić information content (AvgIpc) is 2.53. The predicted molar refractivity (Wildman–Crippen MR) is 100 cm³/mol. The Balaban J connectivity index is 2.25. The van der Waals surface area contributed by atoms with Gasteiger partial charge in [0.1, 0.15) is 11.6 Å². The number of hydrogen-bond acceptors (Lipinski definition) is 7. The maximum Gasteiger partial charge on any atom is 0.228 e. The summed E-state index contributed by atoms with van der Waals surface area (Å²) in [6.45, 7) is 4.68. The molecule has 0 fully saturated rings. The Kier molecular flexibility index (Phi) is 10.7.